The lowest BCUT2D eigenvalue weighted by atomic mass is 10.00. The maximum absolute atomic E-state index is 11.5. The molecule has 0 amide bonds. The molecule has 1 aromatic heterocycles. The summed E-state index contributed by atoms with van der Waals surface area (Å²) in [6, 6.07) is 6.20. The van der Waals surface area contributed by atoms with Crippen LogP contribution in [0.1, 0.15) is 5.56 Å². The van der Waals surface area contributed by atoms with Crippen LogP contribution < -0.4 is 10.4 Å². The minimum absolute atomic E-state index is 0.0185. The van der Waals surface area contributed by atoms with Crippen LogP contribution in [0.25, 0.3) is 11.0 Å². The predicted octanol–water partition coefficient (Wildman–Crippen LogP) is 1.08. The molecule has 0 saturated carbocycles. The number of fused-ring (bicyclic) bond motifs is 1. The second-order valence-electron chi connectivity index (χ2n) is 4.99. The zero-order chi connectivity index (χ0) is 17.9. The van der Waals surface area contributed by atoms with Crippen LogP contribution in [0.5, 0.6) is 5.75 Å². The van der Waals surface area contributed by atoms with Crippen LogP contribution in [0.3, 0.4) is 0 Å². The SMILES string of the molecule is C=C(COS(=O)(=O)O)C(O)Cc1c(OC)ccc2ccc(=O)oc12. The van der Waals surface area contributed by atoms with E-state index in [1.165, 1.54) is 13.2 Å². The summed E-state index contributed by atoms with van der Waals surface area (Å²) in [7, 11) is -3.21. The molecule has 2 aromatic rings. The summed E-state index contributed by atoms with van der Waals surface area (Å²) < 4.78 is 44.3. The van der Waals surface area contributed by atoms with Gasteiger partial charge in [0.05, 0.1) is 19.8 Å². The van der Waals surface area contributed by atoms with Gasteiger partial charge < -0.3 is 14.3 Å². The van der Waals surface area contributed by atoms with Gasteiger partial charge >= 0.3 is 16.0 Å². The first-order valence-electron chi connectivity index (χ1n) is 6.78. The van der Waals surface area contributed by atoms with E-state index in [2.05, 4.69) is 10.8 Å². The molecule has 1 aromatic carbocycles. The fourth-order valence-electron chi connectivity index (χ4n) is 2.14. The maximum Gasteiger partial charge on any atom is 0.397 e. The molecule has 0 aliphatic rings. The van der Waals surface area contributed by atoms with E-state index in [1.54, 1.807) is 18.2 Å². The number of methoxy groups -OCH3 is 1. The third-order valence-electron chi connectivity index (χ3n) is 3.33. The molecule has 0 saturated heterocycles. The molecule has 1 unspecified atom stereocenters. The van der Waals surface area contributed by atoms with Gasteiger partial charge in [0.15, 0.2) is 0 Å². The standard InChI is InChI=1S/C15H16O8S/c1-9(8-22-24(18,19)20)12(16)7-11-13(21-2)5-3-10-4-6-14(17)23-15(10)11/h3-6,12,16H,1,7-8H2,2H3,(H,18,19,20). The third kappa shape index (κ3) is 4.42. The fourth-order valence-corrected chi connectivity index (χ4v) is 2.44. The van der Waals surface area contributed by atoms with Crippen molar-refractivity contribution in [3.8, 4) is 5.75 Å². The van der Waals surface area contributed by atoms with Gasteiger partial charge in [0, 0.05) is 23.4 Å². The van der Waals surface area contributed by atoms with E-state index >= 15 is 0 Å². The van der Waals surface area contributed by atoms with E-state index in [1.807, 2.05) is 0 Å². The van der Waals surface area contributed by atoms with E-state index in [4.69, 9.17) is 13.7 Å². The summed E-state index contributed by atoms with van der Waals surface area (Å²) in [5, 5.41) is 10.8. The smallest absolute Gasteiger partial charge is 0.397 e. The van der Waals surface area contributed by atoms with Crippen molar-refractivity contribution in [2.24, 2.45) is 0 Å². The molecular weight excluding hydrogens is 340 g/mol. The highest BCUT2D eigenvalue weighted by atomic mass is 32.3. The Morgan fingerprint density at radius 3 is 2.62 bits per heavy atom. The zero-order valence-corrected chi connectivity index (χ0v) is 13.6. The number of hydrogen-bond donors (Lipinski definition) is 2. The van der Waals surface area contributed by atoms with Crippen molar-refractivity contribution in [3.05, 3.63) is 52.4 Å². The molecule has 0 aliphatic carbocycles. The lowest BCUT2D eigenvalue weighted by molar-refractivity contribution is 0.188. The summed E-state index contributed by atoms with van der Waals surface area (Å²) >= 11 is 0. The van der Waals surface area contributed by atoms with Crippen LogP contribution in [-0.2, 0) is 21.0 Å². The van der Waals surface area contributed by atoms with Crippen molar-refractivity contribution < 1.29 is 31.4 Å². The van der Waals surface area contributed by atoms with E-state index in [-0.39, 0.29) is 17.6 Å². The average Bonchev–Trinajstić information content (AvgIpc) is 2.52. The Balaban J connectivity index is 2.32. The molecule has 0 fully saturated rings. The van der Waals surface area contributed by atoms with Gasteiger partial charge in [-0.2, -0.15) is 8.42 Å². The third-order valence-corrected chi connectivity index (χ3v) is 3.75. The molecule has 1 atom stereocenters. The lowest BCUT2D eigenvalue weighted by Crippen LogP contribution is -2.19. The minimum atomic E-state index is -4.64. The first-order chi connectivity index (χ1) is 11.2. The van der Waals surface area contributed by atoms with Crippen LogP contribution in [0.2, 0.25) is 0 Å². The highest BCUT2D eigenvalue weighted by Gasteiger charge is 2.19. The first kappa shape index (κ1) is 18.1. The summed E-state index contributed by atoms with van der Waals surface area (Å²) in [6.45, 7) is 2.94. The Bertz CT molecular complexity index is 913. The van der Waals surface area contributed by atoms with Crippen LogP contribution in [-0.4, -0.2) is 37.9 Å². The minimum Gasteiger partial charge on any atom is -0.496 e. The van der Waals surface area contributed by atoms with Crippen molar-refractivity contribution in [2.75, 3.05) is 13.7 Å². The normalized spacial score (nSPS) is 13.0. The number of hydrogen-bond acceptors (Lipinski definition) is 7. The first-order valence-corrected chi connectivity index (χ1v) is 8.15. The number of benzene rings is 1. The number of aliphatic hydroxyl groups excluding tert-OH is 1. The van der Waals surface area contributed by atoms with E-state index in [0.717, 1.165) is 0 Å². The maximum atomic E-state index is 11.5. The molecule has 2 rings (SSSR count). The highest BCUT2D eigenvalue weighted by molar-refractivity contribution is 7.80. The molecule has 130 valence electrons. The van der Waals surface area contributed by atoms with Gasteiger partial charge in [0.1, 0.15) is 11.3 Å². The molecule has 0 spiro atoms. The number of rotatable bonds is 7. The van der Waals surface area contributed by atoms with Gasteiger partial charge in [0.25, 0.3) is 0 Å². The van der Waals surface area contributed by atoms with E-state index in [9.17, 15) is 18.3 Å². The van der Waals surface area contributed by atoms with Gasteiger partial charge in [0.2, 0.25) is 0 Å². The second kappa shape index (κ2) is 7.14. The van der Waals surface area contributed by atoms with Crippen molar-refractivity contribution >= 4 is 21.4 Å². The molecule has 9 heteroatoms. The molecule has 2 N–H and O–H groups in total. The monoisotopic (exact) mass is 356 g/mol. The number of aliphatic hydroxyl groups is 1. The molecule has 1 heterocycles. The fraction of sp³-hybridized carbons (Fsp3) is 0.267. The largest absolute Gasteiger partial charge is 0.496 e. The Hall–Kier alpha value is -2.20. The Morgan fingerprint density at radius 1 is 1.33 bits per heavy atom. The average molecular weight is 356 g/mol. The van der Waals surface area contributed by atoms with Gasteiger partial charge in [-0.05, 0) is 23.8 Å². The summed E-state index contributed by atoms with van der Waals surface area (Å²) in [6.07, 6.45) is -1.27. The van der Waals surface area contributed by atoms with E-state index < -0.39 is 28.7 Å². The predicted molar refractivity (Wildman–Crippen MR) is 85.4 cm³/mol. The molecule has 0 bridgehead atoms. The molecule has 0 radical (unpaired) electrons. The topological polar surface area (TPSA) is 123 Å². The summed E-state index contributed by atoms with van der Waals surface area (Å²) in [5.41, 5.74) is 0.141. The van der Waals surface area contributed by atoms with Gasteiger partial charge in [-0.25, -0.2) is 8.98 Å². The van der Waals surface area contributed by atoms with Gasteiger partial charge in [-0.15, -0.1) is 0 Å². The molecule has 0 aliphatic heterocycles. The summed E-state index contributed by atoms with van der Waals surface area (Å²) in [4.78, 5) is 11.5. The molecule has 8 nitrogen and oxygen atoms in total. The van der Waals surface area contributed by atoms with Gasteiger partial charge in [-0.3, -0.25) is 4.55 Å². The lowest BCUT2D eigenvalue weighted by Gasteiger charge is -2.16. The van der Waals surface area contributed by atoms with Gasteiger partial charge in [-0.1, -0.05) is 6.58 Å². The van der Waals surface area contributed by atoms with E-state index in [0.29, 0.717) is 16.7 Å². The molecule has 24 heavy (non-hydrogen) atoms. The van der Waals surface area contributed by atoms with Crippen molar-refractivity contribution in [3.63, 3.8) is 0 Å². The van der Waals surface area contributed by atoms with Crippen LogP contribution in [0.4, 0.5) is 0 Å². The summed E-state index contributed by atoms with van der Waals surface area (Å²) in [5.74, 6) is 0.388. The van der Waals surface area contributed by atoms with Crippen LogP contribution >= 0.6 is 0 Å². The zero-order valence-electron chi connectivity index (χ0n) is 12.8. The van der Waals surface area contributed by atoms with Crippen LogP contribution in [0, 0.1) is 0 Å². The Kier molecular flexibility index (Phi) is 5.40. The number of ether oxygens (including phenoxy) is 1. The highest BCUT2D eigenvalue weighted by Crippen LogP contribution is 2.29. The second-order valence-corrected chi connectivity index (χ2v) is 6.08. The van der Waals surface area contributed by atoms with Crippen molar-refractivity contribution in [2.45, 2.75) is 12.5 Å². The van der Waals surface area contributed by atoms with Crippen molar-refractivity contribution in [1.82, 2.24) is 0 Å². The van der Waals surface area contributed by atoms with Crippen LogP contribution in [0.15, 0.2) is 45.6 Å². The van der Waals surface area contributed by atoms with Crippen molar-refractivity contribution in [1.29, 1.82) is 0 Å². The quantitative estimate of drug-likeness (QED) is 0.429. The Labute approximate surface area is 137 Å². The molecular formula is C15H16O8S. The Morgan fingerprint density at radius 2 is 2.00 bits per heavy atom.